The molecular formula is C41H44ClF2N3O6S. The van der Waals surface area contributed by atoms with Crippen molar-refractivity contribution < 1.29 is 36.3 Å². The van der Waals surface area contributed by atoms with E-state index in [1.807, 2.05) is 6.07 Å². The quantitative estimate of drug-likeness (QED) is 0.167. The summed E-state index contributed by atoms with van der Waals surface area (Å²) in [5, 5.41) is 4.62. The predicted molar refractivity (Wildman–Crippen MR) is 203 cm³/mol. The van der Waals surface area contributed by atoms with Crippen molar-refractivity contribution in [2.75, 3.05) is 0 Å². The van der Waals surface area contributed by atoms with Gasteiger partial charge in [-0.2, -0.15) is 13.5 Å². The number of halogens is 3. The molecule has 0 radical (unpaired) electrons. The molecule has 1 aliphatic carbocycles. The smallest absolute Gasteiger partial charge is 0.407 e. The third-order valence-corrected chi connectivity index (χ3v) is 12.2. The summed E-state index contributed by atoms with van der Waals surface area (Å²) in [6.07, 6.45) is 4.98. The number of hydrogen-bond donors (Lipinski definition) is 2. The fourth-order valence-electron chi connectivity index (χ4n) is 7.93. The summed E-state index contributed by atoms with van der Waals surface area (Å²) in [5.41, 5.74) is 0.0779. The maximum atomic E-state index is 16.9. The van der Waals surface area contributed by atoms with Gasteiger partial charge in [-0.15, -0.1) is 0 Å². The summed E-state index contributed by atoms with van der Waals surface area (Å²) < 4.78 is 75.5. The molecule has 2 amide bonds. The molecule has 0 aromatic heterocycles. The van der Waals surface area contributed by atoms with Crippen LogP contribution in [0.15, 0.2) is 89.8 Å². The normalized spacial score (nSPS) is 21.0. The first kappa shape index (κ1) is 38.0. The van der Waals surface area contributed by atoms with Gasteiger partial charge in [0.25, 0.3) is 5.92 Å². The first-order valence-corrected chi connectivity index (χ1v) is 20.2. The Bertz CT molecular complexity index is 2140. The number of fused-ring (bicyclic) bond motifs is 3. The van der Waals surface area contributed by atoms with Crippen LogP contribution in [-0.2, 0) is 25.5 Å². The van der Waals surface area contributed by atoms with Crippen LogP contribution in [0, 0.1) is 0 Å². The van der Waals surface area contributed by atoms with Gasteiger partial charge in [-0.3, -0.25) is 4.79 Å². The van der Waals surface area contributed by atoms with Crippen LogP contribution in [0.3, 0.4) is 0 Å². The molecule has 2 bridgehead atoms. The number of nitrogens with one attached hydrogen (secondary N) is 2. The first-order valence-electron chi connectivity index (χ1n) is 18.4. The second-order valence-electron chi connectivity index (χ2n) is 15.5. The Morgan fingerprint density at radius 1 is 0.852 bits per heavy atom. The minimum Gasteiger partial charge on any atom is -0.490 e. The van der Waals surface area contributed by atoms with E-state index in [4.69, 9.17) is 21.1 Å². The van der Waals surface area contributed by atoms with Crippen molar-refractivity contribution in [3.63, 3.8) is 0 Å². The number of carbonyl (C=O) groups is 2. The van der Waals surface area contributed by atoms with Crippen LogP contribution in [-0.4, -0.2) is 61.2 Å². The second kappa shape index (κ2) is 14.8. The minimum absolute atomic E-state index is 0.144. The number of amides is 2. The van der Waals surface area contributed by atoms with Crippen molar-refractivity contribution in [2.24, 2.45) is 0 Å². The number of alkyl halides is 2. The summed E-state index contributed by atoms with van der Waals surface area (Å²) >= 11 is 6.02. The first-order chi connectivity index (χ1) is 25.6. The van der Waals surface area contributed by atoms with Crippen molar-refractivity contribution in [3.05, 3.63) is 95.5 Å². The largest absolute Gasteiger partial charge is 0.490 e. The maximum absolute atomic E-state index is 16.9. The predicted octanol–water partition coefficient (Wildman–Crippen LogP) is 8.58. The van der Waals surface area contributed by atoms with Crippen molar-refractivity contribution in [3.8, 4) is 16.9 Å². The summed E-state index contributed by atoms with van der Waals surface area (Å²) in [6.45, 7) is 5.17. The van der Waals surface area contributed by atoms with E-state index in [1.165, 1.54) is 41.3 Å². The van der Waals surface area contributed by atoms with Gasteiger partial charge in [-0.05, 0) is 124 Å². The van der Waals surface area contributed by atoms with Gasteiger partial charge in [0.05, 0.1) is 23.1 Å². The van der Waals surface area contributed by atoms with Crippen LogP contribution in [0.2, 0.25) is 5.02 Å². The molecule has 54 heavy (non-hydrogen) atoms. The lowest BCUT2D eigenvalue weighted by atomic mass is 9.96. The Kier molecular flexibility index (Phi) is 10.4. The number of nitrogens with zero attached hydrogens (tertiary/aromatic N) is 1. The number of carbonyl (C=O) groups excluding carboxylic acids is 2. The number of ether oxygens (including phenoxy) is 2. The molecule has 4 unspecified atom stereocenters. The third-order valence-electron chi connectivity index (χ3n) is 10.5. The standard InChI is InChI=1S/C41H44ClF2N3O6S/c1-40(2,3)53-39(49)45-35-24-31-18-21-36(35)47(31)38(48)37(41(43,44)29-14-8-25(9-15-29)26-10-16-30(42)17-11-26)46-54(50,51)34-20-13-27-22-33(19-12-28(27)23-34)52-32-6-4-5-7-32/h8-17,19-20,22-23,31-32,35-37,46H,4-7,18,21,24H2,1-3H3,(H,45,49). The Labute approximate surface area is 319 Å². The number of alkyl carbamates (subject to hydrolysis) is 1. The topological polar surface area (TPSA) is 114 Å². The highest BCUT2D eigenvalue weighted by Crippen LogP contribution is 2.42. The number of rotatable bonds is 10. The van der Waals surface area contributed by atoms with Crippen LogP contribution in [0.4, 0.5) is 13.6 Å². The van der Waals surface area contributed by atoms with E-state index in [-0.39, 0.29) is 11.0 Å². The monoisotopic (exact) mass is 779 g/mol. The van der Waals surface area contributed by atoms with E-state index < -0.39 is 63.3 Å². The van der Waals surface area contributed by atoms with Crippen LogP contribution in [0.5, 0.6) is 5.75 Å². The Morgan fingerprint density at radius 3 is 2.15 bits per heavy atom. The average molecular weight is 780 g/mol. The van der Waals surface area contributed by atoms with E-state index in [9.17, 15) is 18.0 Å². The van der Waals surface area contributed by atoms with Gasteiger partial charge in [-0.25, -0.2) is 13.2 Å². The van der Waals surface area contributed by atoms with Gasteiger partial charge < -0.3 is 19.7 Å². The Morgan fingerprint density at radius 2 is 1.48 bits per heavy atom. The molecule has 2 aliphatic heterocycles. The average Bonchev–Trinajstić information content (AvgIpc) is 3.87. The number of sulfonamides is 1. The maximum Gasteiger partial charge on any atom is 0.407 e. The third kappa shape index (κ3) is 8.06. The van der Waals surface area contributed by atoms with Crippen molar-refractivity contribution in [1.29, 1.82) is 0 Å². The molecule has 7 rings (SSSR count). The molecule has 3 fully saturated rings. The molecule has 3 aliphatic rings. The summed E-state index contributed by atoms with van der Waals surface area (Å²) in [7, 11) is -4.68. The molecule has 13 heteroatoms. The summed E-state index contributed by atoms with van der Waals surface area (Å²) in [6, 6.07) is 17.8. The molecule has 4 aromatic carbocycles. The van der Waals surface area contributed by atoms with Gasteiger partial charge in [0.1, 0.15) is 11.4 Å². The second-order valence-corrected chi connectivity index (χ2v) is 17.6. The van der Waals surface area contributed by atoms with Gasteiger partial charge in [0.2, 0.25) is 15.9 Å². The van der Waals surface area contributed by atoms with Gasteiger partial charge in [0, 0.05) is 16.6 Å². The lowest BCUT2D eigenvalue weighted by Crippen LogP contribution is -2.58. The minimum atomic E-state index is -4.68. The zero-order valence-electron chi connectivity index (χ0n) is 30.4. The SMILES string of the molecule is CC(C)(C)OC(=O)NC1CC2CCC1N2C(=O)C(NS(=O)(=O)c1ccc2cc(OC3CCCC3)ccc2c1)C(F)(F)c1ccc(-c2ccc(Cl)cc2)cc1. The molecule has 2 N–H and O–H groups in total. The van der Waals surface area contributed by atoms with Crippen molar-refractivity contribution in [2.45, 2.75) is 112 Å². The number of hydrogen-bond acceptors (Lipinski definition) is 6. The molecule has 4 atom stereocenters. The zero-order chi connectivity index (χ0) is 38.4. The highest BCUT2D eigenvalue weighted by atomic mass is 35.5. The highest BCUT2D eigenvalue weighted by Gasteiger charge is 2.56. The molecule has 2 saturated heterocycles. The van der Waals surface area contributed by atoms with E-state index in [0.717, 1.165) is 36.6 Å². The Balaban J connectivity index is 1.19. The van der Waals surface area contributed by atoms with E-state index >= 15 is 8.78 Å². The van der Waals surface area contributed by atoms with E-state index in [1.54, 1.807) is 63.2 Å². The fourth-order valence-corrected chi connectivity index (χ4v) is 9.28. The van der Waals surface area contributed by atoms with Crippen molar-refractivity contribution >= 4 is 44.4 Å². The van der Waals surface area contributed by atoms with Gasteiger partial charge in [-0.1, -0.05) is 60.1 Å². The van der Waals surface area contributed by atoms with Crippen LogP contribution in [0.25, 0.3) is 21.9 Å². The summed E-state index contributed by atoms with van der Waals surface area (Å²) in [4.78, 5) is 28.2. The molecular weight excluding hydrogens is 736 g/mol. The molecule has 2 heterocycles. The Hall–Kier alpha value is -4.26. The van der Waals surface area contributed by atoms with Gasteiger partial charge >= 0.3 is 6.09 Å². The molecule has 0 spiro atoms. The molecule has 9 nitrogen and oxygen atoms in total. The van der Waals surface area contributed by atoms with Crippen LogP contribution < -0.4 is 14.8 Å². The summed E-state index contributed by atoms with van der Waals surface area (Å²) in [5.74, 6) is -4.38. The molecule has 286 valence electrons. The van der Waals surface area contributed by atoms with Crippen LogP contribution >= 0.6 is 11.6 Å². The van der Waals surface area contributed by atoms with E-state index in [0.29, 0.717) is 41.0 Å². The zero-order valence-corrected chi connectivity index (χ0v) is 31.9. The fraction of sp³-hybridized carbons (Fsp3) is 0.415. The lowest BCUT2D eigenvalue weighted by Gasteiger charge is -2.33. The van der Waals surface area contributed by atoms with E-state index in [2.05, 4.69) is 10.0 Å². The van der Waals surface area contributed by atoms with Crippen molar-refractivity contribution in [1.82, 2.24) is 14.9 Å². The van der Waals surface area contributed by atoms with Crippen LogP contribution in [0.1, 0.15) is 71.3 Å². The number of benzene rings is 4. The lowest BCUT2D eigenvalue weighted by molar-refractivity contribution is -0.145. The molecule has 1 saturated carbocycles. The molecule has 4 aromatic rings. The van der Waals surface area contributed by atoms with Gasteiger partial charge in [0.15, 0.2) is 6.04 Å². The highest BCUT2D eigenvalue weighted by molar-refractivity contribution is 7.89.